The minimum absolute atomic E-state index is 0.0535. The zero-order chi connectivity index (χ0) is 18.6. The Morgan fingerprint density at radius 3 is 2.54 bits per heavy atom. The molecule has 1 aliphatic carbocycles. The first kappa shape index (κ1) is 19.0. The molecular formula is C18H26N2O5S. The van der Waals surface area contributed by atoms with Gasteiger partial charge in [0.2, 0.25) is 10.0 Å². The molecule has 0 atom stereocenters. The number of methoxy groups -OCH3 is 1. The van der Waals surface area contributed by atoms with Crippen LogP contribution in [0.25, 0.3) is 0 Å². The molecule has 2 aliphatic rings. The van der Waals surface area contributed by atoms with Gasteiger partial charge in [-0.15, -0.1) is 0 Å². The lowest BCUT2D eigenvalue weighted by molar-refractivity contribution is -0.123. The first-order valence-electron chi connectivity index (χ1n) is 9.01. The molecule has 1 heterocycles. The monoisotopic (exact) mass is 382 g/mol. The molecule has 3 rings (SSSR count). The van der Waals surface area contributed by atoms with Gasteiger partial charge in [0.05, 0.1) is 12.4 Å². The minimum atomic E-state index is -3.07. The average Bonchev–Trinajstić information content (AvgIpc) is 3.51. The van der Waals surface area contributed by atoms with Crippen molar-refractivity contribution in [1.29, 1.82) is 0 Å². The van der Waals surface area contributed by atoms with Crippen molar-refractivity contribution in [3.63, 3.8) is 0 Å². The van der Waals surface area contributed by atoms with E-state index in [2.05, 4.69) is 5.32 Å². The Balaban J connectivity index is 1.36. The molecule has 0 spiro atoms. The highest BCUT2D eigenvalue weighted by Gasteiger charge is 2.41. The smallest absolute Gasteiger partial charge is 0.257 e. The fourth-order valence-electron chi connectivity index (χ4n) is 3.09. The van der Waals surface area contributed by atoms with E-state index in [4.69, 9.17) is 9.47 Å². The number of nitrogens with zero attached hydrogens (tertiary/aromatic N) is 1. The van der Waals surface area contributed by atoms with Crippen molar-refractivity contribution in [3.8, 4) is 11.5 Å². The van der Waals surface area contributed by atoms with Crippen molar-refractivity contribution in [2.45, 2.75) is 30.9 Å². The summed E-state index contributed by atoms with van der Waals surface area (Å²) in [6.45, 7) is 1.61. The average molecular weight is 382 g/mol. The molecule has 1 amide bonds. The maximum Gasteiger partial charge on any atom is 0.257 e. The van der Waals surface area contributed by atoms with E-state index >= 15 is 0 Å². The van der Waals surface area contributed by atoms with Crippen molar-refractivity contribution >= 4 is 15.9 Å². The second-order valence-corrected chi connectivity index (χ2v) is 9.07. The van der Waals surface area contributed by atoms with E-state index in [1.54, 1.807) is 29.6 Å². The Morgan fingerprint density at radius 1 is 1.19 bits per heavy atom. The fourth-order valence-corrected chi connectivity index (χ4v) is 4.97. The topological polar surface area (TPSA) is 84.9 Å². The predicted molar refractivity (Wildman–Crippen MR) is 97.7 cm³/mol. The fraction of sp³-hybridized carbons (Fsp3) is 0.611. The lowest BCUT2D eigenvalue weighted by atomic mass is 9.98. The van der Waals surface area contributed by atoms with Crippen LogP contribution < -0.4 is 14.8 Å². The van der Waals surface area contributed by atoms with Crippen LogP contribution in [-0.2, 0) is 14.8 Å². The van der Waals surface area contributed by atoms with Crippen molar-refractivity contribution < 1.29 is 22.7 Å². The zero-order valence-electron chi connectivity index (χ0n) is 15.0. The Labute approximate surface area is 154 Å². The number of nitrogens with one attached hydrogen (secondary N) is 1. The molecule has 1 N–H and O–H groups in total. The summed E-state index contributed by atoms with van der Waals surface area (Å²) >= 11 is 0. The Morgan fingerprint density at radius 2 is 1.88 bits per heavy atom. The molecule has 0 bridgehead atoms. The predicted octanol–water partition coefficient (Wildman–Crippen LogP) is 1.39. The standard InChI is InChI=1S/C18H26N2O5S/c1-24-15-3-2-4-16(11-15)25-13-18(21)19-12-14-7-9-20(10-8-14)26(22,23)17-5-6-17/h2-4,11,14,17H,5-10,12-13H2,1H3,(H,19,21). The zero-order valence-corrected chi connectivity index (χ0v) is 15.8. The number of carbonyl (C=O) groups is 1. The van der Waals surface area contributed by atoms with Gasteiger partial charge in [-0.2, -0.15) is 0 Å². The number of hydrogen-bond acceptors (Lipinski definition) is 5. The van der Waals surface area contributed by atoms with Gasteiger partial charge in [0.1, 0.15) is 11.5 Å². The summed E-state index contributed by atoms with van der Waals surface area (Å²) in [6.07, 6.45) is 3.16. The number of carbonyl (C=O) groups excluding carboxylic acids is 1. The van der Waals surface area contributed by atoms with E-state index in [1.807, 2.05) is 6.07 Å². The lowest BCUT2D eigenvalue weighted by Crippen LogP contribution is -2.43. The maximum atomic E-state index is 12.2. The van der Waals surface area contributed by atoms with Crippen LogP contribution in [0.1, 0.15) is 25.7 Å². The minimum Gasteiger partial charge on any atom is -0.497 e. The van der Waals surface area contributed by atoms with E-state index in [1.165, 1.54) is 0 Å². The van der Waals surface area contributed by atoms with Gasteiger partial charge < -0.3 is 14.8 Å². The van der Waals surface area contributed by atoms with Gasteiger partial charge in [0.25, 0.3) is 5.91 Å². The van der Waals surface area contributed by atoms with E-state index in [-0.39, 0.29) is 17.8 Å². The SMILES string of the molecule is COc1cccc(OCC(=O)NCC2CCN(S(=O)(=O)C3CC3)CC2)c1. The highest BCUT2D eigenvalue weighted by Crippen LogP contribution is 2.33. The van der Waals surface area contributed by atoms with Gasteiger partial charge in [-0.1, -0.05) is 6.07 Å². The summed E-state index contributed by atoms with van der Waals surface area (Å²) in [4.78, 5) is 12.0. The van der Waals surface area contributed by atoms with Crippen molar-refractivity contribution in [2.75, 3.05) is 33.4 Å². The van der Waals surface area contributed by atoms with Crippen LogP contribution in [0.4, 0.5) is 0 Å². The van der Waals surface area contributed by atoms with Crippen LogP contribution in [-0.4, -0.2) is 57.2 Å². The molecule has 1 saturated heterocycles. The molecule has 2 fully saturated rings. The van der Waals surface area contributed by atoms with Crippen LogP contribution in [0.2, 0.25) is 0 Å². The summed E-state index contributed by atoms with van der Waals surface area (Å²) in [5, 5.41) is 2.73. The Bertz CT molecular complexity index is 725. The van der Waals surface area contributed by atoms with Gasteiger partial charge in [-0.3, -0.25) is 4.79 Å². The molecular weight excluding hydrogens is 356 g/mol. The molecule has 8 heteroatoms. The summed E-state index contributed by atoms with van der Waals surface area (Å²) in [6, 6.07) is 7.10. The molecule has 26 heavy (non-hydrogen) atoms. The Hall–Kier alpha value is -1.80. The van der Waals surface area contributed by atoms with Gasteiger partial charge in [0.15, 0.2) is 6.61 Å². The van der Waals surface area contributed by atoms with E-state index in [0.29, 0.717) is 37.1 Å². The first-order chi connectivity index (χ1) is 12.5. The van der Waals surface area contributed by atoms with Crippen molar-refractivity contribution in [1.82, 2.24) is 9.62 Å². The molecule has 0 unspecified atom stereocenters. The van der Waals surface area contributed by atoms with Crippen LogP contribution >= 0.6 is 0 Å². The quantitative estimate of drug-likeness (QED) is 0.735. The summed E-state index contributed by atoms with van der Waals surface area (Å²) < 4.78 is 36.6. The van der Waals surface area contributed by atoms with Crippen molar-refractivity contribution in [2.24, 2.45) is 5.92 Å². The van der Waals surface area contributed by atoms with Crippen LogP contribution in [0.15, 0.2) is 24.3 Å². The second kappa shape index (κ2) is 8.26. The number of piperidine rings is 1. The number of amides is 1. The molecule has 0 radical (unpaired) electrons. The largest absolute Gasteiger partial charge is 0.497 e. The molecule has 7 nitrogen and oxygen atoms in total. The highest BCUT2D eigenvalue weighted by molar-refractivity contribution is 7.90. The van der Waals surface area contributed by atoms with Crippen LogP contribution in [0.3, 0.4) is 0 Å². The number of sulfonamides is 1. The van der Waals surface area contributed by atoms with Gasteiger partial charge in [-0.05, 0) is 43.7 Å². The van der Waals surface area contributed by atoms with Crippen LogP contribution in [0, 0.1) is 5.92 Å². The highest BCUT2D eigenvalue weighted by atomic mass is 32.2. The molecule has 0 aromatic heterocycles. The van der Waals surface area contributed by atoms with Crippen molar-refractivity contribution in [3.05, 3.63) is 24.3 Å². The summed E-state index contributed by atoms with van der Waals surface area (Å²) in [5.41, 5.74) is 0. The summed E-state index contributed by atoms with van der Waals surface area (Å²) in [5.74, 6) is 1.39. The number of ether oxygens (including phenoxy) is 2. The molecule has 1 aromatic carbocycles. The number of hydrogen-bond donors (Lipinski definition) is 1. The van der Waals surface area contributed by atoms with Gasteiger partial charge in [-0.25, -0.2) is 12.7 Å². The number of rotatable bonds is 8. The molecule has 144 valence electrons. The second-order valence-electron chi connectivity index (χ2n) is 6.86. The first-order valence-corrected chi connectivity index (χ1v) is 10.5. The van der Waals surface area contributed by atoms with Crippen LogP contribution in [0.5, 0.6) is 11.5 Å². The third kappa shape index (κ3) is 4.88. The molecule has 1 aromatic rings. The third-order valence-electron chi connectivity index (χ3n) is 4.88. The van der Waals surface area contributed by atoms with E-state index in [0.717, 1.165) is 25.7 Å². The summed E-state index contributed by atoms with van der Waals surface area (Å²) in [7, 11) is -1.50. The van der Waals surface area contributed by atoms with Gasteiger partial charge >= 0.3 is 0 Å². The third-order valence-corrected chi connectivity index (χ3v) is 7.28. The lowest BCUT2D eigenvalue weighted by Gasteiger charge is -2.31. The maximum absolute atomic E-state index is 12.2. The molecule has 1 aliphatic heterocycles. The van der Waals surface area contributed by atoms with Gasteiger partial charge in [0, 0.05) is 25.7 Å². The normalized spacial score (nSPS) is 19.1. The number of benzene rings is 1. The van der Waals surface area contributed by atoms with E-state index in [9.17, 15) is 13.2 Å². The van der Waals surface area contributed by atoms with E-state index < -0.39 is 10.0 Å². The Kier molecular flexibility index (Phi) is 6.03. The molecule has 1 saturated carbocycles.